The Morgan fingerprint density at radius 1 is 1.17 bits per heavy atom. The van der Waals surface area contributed by atoms with Gasteiger partial charge in [0.25, 0.3) is 0 Å². The van der Waals surface area contributed by atoms with Gasteiger partial charge in [0, 0.05) is 37.9 Å². The van der Waals surface area contributed by atoms with Crippen molar-refractivity contribution in [1.82, 2.24) is 20.2 Å². The fourth-order valence-corrected chi connectivity index (χ4v) is 3.31. The van der Waals surface area contributed by atoms with Crippen LogP contribution in [0.15, 0.2) is 18.5 Å². The molecule has 0 radical (unpaired) electrons. The van der Waals surface area contributed by atoms with E-state index in [1.165, 1.54) is 30.3 Å². The van der Waals surface area contributed by atoms with Gasteiger partial charge in [0.05, 0.1) is 5.69 Å². The van der Waals surface area contributed by atoms with Crippen LogP contribution in [-0.2, 0) is 12.8 Å². The number of hydrogen-bond acceptors (Lipinski definition) is 7. The number of anilines is 2. The maximum atomic E-state index is 9.03. The summed E-state index contributed by atoms with van der Waals surface area (Å²) in [5.74, 6) is 2.06. The Balaban J connectivity index is 1.33. The Morgan fingerprint density at radius 2 is 2.00 bits per heavy atom. The normalized spacial score (nSPS) is 16.9. The first kappa shape index (κ1) is 14.8. The number of aryl methyl sites for hydroxylation is 2. The molecule has 7 heteroatoms. The van der Waals surface area contributed by atoms with E-state index in [2.05, 4.69) is 42.5 Å². The van der Waals surface area contributed by atoms with Crippen LogP contribution >= 0.6 is 0 Å². The molecular formula is C17H19N7. The molecule has 1 aliphatic heterocycles. The van der Waals surface area contributed by atoms with E-state index >= 15 is 0 Å². The van der Waals surface area contributed by atoms with Crippen molar-refractivity contribution in [3.63, 3.8) is 0 Å². The third kappa shape index (κ3) is 2.87. The molecule has 0 saturated carbocycles. The van der Waals surface area contributed by atoms with Crippen LogP contribution in [0.25, 0.3) is 0 Å². The van der Waals surface area contributed by atoms with Crippen LogP contribution in [0.3, 0.4) is 0 Å². The van der Waals surface area contributed by atoms with Crippen molar-refractivity contribution in [2.24, 2.45) is 5.92 Å². The van der Waals surface area contributed by atoms with Crippen LogP contribution in [0.2, 0.25) is 0 Å². The van der Waals surface area contributed by atoms with Crippen molar-refractivity contribution in [3.8, 4) is 6.07 Å². The first-order chi connectivity index (χ1) is 11.8. The van der Waals surface area contributed by atoms with E-state index in [-0.39, 0.29) is 0 Å². The highest BCUT2D eigenvalue weighted by atomic mass is 15.3. The summed E-state index contributed by atoms with van der Waals surface area (Å²) in [6, 6.07) is 4.26. The van der Waals surface area contributed by atoms with E-state index in [1.54, 1.807) is 6.20 Å². The van der Waals surface area contributed by atoms with Crippen molar-refractivity contribution >= 4 is 11.6 Å². The number of hydrogen-bond donors (Lipinski definition) is 1. The van der Waals surface area contributed by atoms with E-state index in [0.29, 0.717) is 17.4 Å². The number of nitrogens with zero attached hydrogens (tertiary/aromatic N) is 6. The topological polar surface area (TPSA) is 90.6 Å². The molecule has 0 bridgehead atoms. The third-order valence-corrected chi connectivity index (χ3v) is 4.70. The van der Waals surface area contributed by atoms with Gasteiger partial charge >= 0.3 is 0 Å². The molecule has 24 heavy (non-hydrogen) atoms. The molecule has 2 aromatic rings. The second-order valence-electron chi connectivity index (χ2n) is 6.40. The van der Waals surface area contributed by atoms with E-state index in [4.69, 9.17) is 5.26 Å². The van der Waals surface area contributed by atoms with Crippen LogP contribution in [0.5, 0.6) is 0 Å². The van der Waals surface area contributed by atoms with Crippen LogP contribution in [0.4, 0.5) is 11.6 Å². The molecule has 3 heterocycles. The number of fused-ring (bicyclic) bond motifs is 1. The lowest BCUT2D eigenvalue weighted by Crippen LogP contribution is -2.50. The Morgan fingerprint density at radius 3 is 2.88 bits per heavy atom. The Hall–Kier alpha value is -2.75. The second-order valence-corrected chi connectivity index (χ2v) is 6.40. The zero-order chi connectivity index (χ0) is 16.4. The lowest BCUT2D eigenvalue weighted by molar-refractivity contribution is 0.424. The van der Waals surface area contributed by atoms with E-state index < -0.39 is 0 Å². The molecule has 2 aromatic heterocycles. The second kappa shape index (κ2) is 6.40. The van der Waals surface area contributed by atoms with Crippen molar-refractivity contribution < 1.29 is 0 Å². The molecule has 1 aliphatic carbocycles. The molecule has 0 spiro atoms. The minimum absolute atomic E-state index is 0.342. The molecule has 0 atom stereocenters. The molecule has 7 nitrogen and oxygen atoms in total. The van der Waals surface area contributed by atoms with Gasteiger partial charge in [0.2, 0.25) is 0 Å². The quantitative estimate of drug-likeness (QED) is 0.914. The molecule has 122 valence electrons. The highest BCUT2D eigenvalue weighted by Crippen LogP contribution is 2.26. The van der Waals surface area contributed by atoms with Gasteiger partial charge in [-0.2, -0.15) is 10.4 Å². The van der Waals surface area contributed by atoms with Gasteiger partial charge in [-0.25, -0.2) is 9.97 Å². The predicted molar refractivity (Wildman–Crippen MR) is 89.6 cm³/mol. The van der Waals surface area contributed by atoms with Crippen LogP contribution in [0.1, 0.15) is 29.8 Å². The van der Waals surface area contributed by atoms with Crippen molar-refractivity contribution in [2.75, 3.05) is 29.9 Å². The monoisotopic (exact) mass is 321 g/mol. The highest BCUT2D eigenvalue weighted by Gasteiger charge is 2.29. The largest absolute Gasteiger partial charge is 0.367 e. The molecule has 4 rings (SSSR count). The van der Waals surface area contributed by atoms with Crippen LogP contribution < -0.4 is 10.2 Å². The Labute approximate surface area is 140 Å². The van der Waals surface area contributed by atoms with Crippen LogP contribution in [-0.4, -0.2) is 39.8 Å². The Kier molecular flexibility index (Phi) is 3.95. The summed E-state index contributed by atoms with van der Waals surface area (Å²) in [6.07, 6.45) is 7.80. The summed E-state index contributed by atoms with van der Waals surface area (Å²) in [7, 11) is 0. The van der Waals surface area contributed by atoms with Gasteiger partial charge in [0.15, 0.2) is 17.3 Å². The highest BCUT2D eigenvalue weighted by molar-refractivity contribution is 5.48. The Bertz CT molecular complexity index is 777. The smallest absolute Gasteiger partial charge is 0.182 e. The predicted octanol–water partition coefficient (Wildman–Crippen LogP) is 1.57. The standard InChI is InChI=1S/C17H19N7/c18-8-15-17(20-6-5-19-15)21-9-12-10-24(11-12)16-7-13-3-1-2-4-14(13)22-23-16/h5-7,12H,1-4,9-11H2,(H,20,21). The van der Waals surface area contributed by atoms with Crippen molar-refractivity contribution in [1.29, 1.82) is 5.26 Å². The molecule has 0 unspecified atom stereocenters. The van der Waals surface area contributed by atoms with Gasteiger partial charge in [-0.1, -0.05) is 0 Å². The van der Waals surface area contributed by atoms with Crippen LogP contribution in [0, 0.1) is 17.2 Å². The van der Waals surface area contributed by atoms with E-state index in [9.17, 15) is 0 Å². The SMILES string of the molecule is N#Cc1nccnc1NCC1CN(c2cc3c(nn2)CCCC3)C1. The number of nitrogens with one attached hydrogen (secondary N) is 1. The average Bonchev–Trinajstić information content (AvgIpc) is 2.60. The lowest BCUT2D eigenvalue weighted by atomic mass is 9.95. The van der Waals surface area contributed by atoms with Gasteiger partial charge in [0.1, 0.15) is 6.07 Å². The number of aromatic nitrogens is 4. The van der Waals surface area contributed by atoms with Gasteiger partial charge < -0.3 is 10.2 Å². The molecule has 2 aliphatic rings. The first-order valence-corrected chi connectivity index (χ1v) is 8.39. The molecule has 1 N–H and O–H groups in total. The minimum Gasteiger partial charge on any atom is -0.367 e. The van der Waals surface area contributed by atoms with E-state index in [0.717, 1.165) is 38.3 Å². The number of nitriles is 1. The van der Waals surface area contributed by atoms with E-state index in [1.807, 2.05) is 0 Å². The molecule has 0 aromatic carbocycles. The third-order valence-electron chi connectivity index (χ3n) is 4.70. The van der Waals surface area contributed by atoms with Gasteiger partial charge in [-0.15, -0.1) is 5.10 Å². The summed E-state index contributed by atoms with van der Waals surface area (Å²) in [4.78, 5) is 10.4. The molecule has 1 saturated heterocycles. The summed E-state index contributed by atoms with van der Waals surface area (Å²) < 4.78 is 0. The molecule has 1 fully saturated rings. The number of rotatable bonds is 4. The van der Waals surface area contributed by atoms with Gasteiger partial charge in [-0.05, 0) is 37.3 Å². The maximum absolute atomic E-state index is 9.03. The maximum Gasteiger partial charge on any atom is 0.182 e. The summed E-state index contributed by atoms with van der Waals surface area (Å²) >= 11 is 0. The minimum atomic E-state index is 0.342. The van der Waals surface area contributed by atoms with Crippen molar-refractivity contribution in [2.45, 2.75) is 25.7 Å². The van der Waals surface area contributed by atoms with Gasteiger partial charge in [-0.3, -0.25) is 0 Å². The fourth-order valence-electron chi connectivity index (χ4n) is 3.31. The molecular weight excluding hydrogens is 302 g/mol. The zero-order valence-electron chi connectivity index (χ0n) is 13.4. The van der Waals surface area contributed by atoms with Crippen molar-refractivity contribution in [3.05, 3.63) is 35.4 Å². The summed E-state index contributed by atoms with van der Waals surface area (Å²) in [5.41, 5.74) is 2.88. The summed E-state index contributed by atoms with van der Waals surface area (Å²) in [5, 5.41) is 21.0. The average molecular weight is 321 g/mol. The summed E-state index contributed by atoms with van der Waals surface area (Å²) in [6.45, 7) is 2.67. The molecule has 0 amide bonds. The fraction of sp³-hybridized carbons (Fsp3) is 0.471. The first-order valence-electron chi connectivity index (χ1n) is 8.39. The lowest BCUT2D eigenvalue weighted by Gasteiger charge is -2.40. The zero-order valence-corrected chi connectivity index (χ0v) is 13.4.